The Morgan fingerprint density at radius 2 is 1.80 bits per heavy atom. The van der Waals surface area contributed by atoms with E-state index >= 15 is 0 Å². The fraction of sp³-hybridized carbons (Fsp3) is 0.385. The van der Waals surface area contributed by atoms with Crippen molar-refractivity contribution >= 4 is 0 Å². The molecule has 1 aromatic carbocycles. The van der Waals surface area contributed by atoms with E-state index in [4.69, 9.17) is 9.84 Å². The number of hydrogen-bond acceptors (Lipinski definition) is 2. The van der Waals surface area contributed by atoms with Gasteiger partial charge in [0.25, 0.3) is 0 Å². The molecule has 1 aromatic rings. The molecule has 0 radical (unpaired) electrons. The first-order valence-electron chi connectivity index (χ1n) is 5.06. The molecule has 0 saturated carbocycles. The predicted molar refractivity (Wildman–Crippen MR) is 60.8 cm³/mol. The summed E-state index contributed by atoms with van der Waals surface area (Å²) in [6.07, 6.45) is 2.36. The van der Waals surface area contributed by atoms with Crippen LogP contribution in [-0.4, -0.2) is 18.8 Å². The summed E-state index contributed by atoms with van der Waals surface area (Å²) < 4.78 is 5.07. The van der Waals surface area contributed by atoms with Crippen LogP contribution < -0.4 is 4.74 Å². The SMILES string of the molecule is COc1ccc(CCC#CCCO)cc1. The van der Waals surface area contributed by atoms with E-state index in [0.29, 0.717) is 6.42 Å². The van der Waals surface area contributed by atoms with Crippen molar-refractivity contribution in [1.29, 1.82) is 0 Å². The van der Waals surface area contributed by atoms with Crippen LogP contribution in [0, 0.1) is 11.8 Å². The van der Waals surface area contributed by atoms with Gasteiger partial charge in [-0.25, -0.2) is 0 Å². The van der Waals surface area contributed by atoms with Gasteiger partial charge < -0.3 is 9.84 Å². The van der Waals surface area contributed by atoms with E-state index in [2.05, 4.69) is 11.8 Å². The van der Waals surface area contributed by atoms with Crippen LogP contribution in [0.25, 0.3) is 0 Å². The topological polar surface area (TPSA) is 29.5 Å². The molecule has 0 aliphatic heterocycles. The number of rotatable bonds is 4. The zero-order valence-electron chi connectivity index (χ0n) is 8.99. The first-order chi connectivity index (χ1) is 7.36. The lowest BCUT2D eigenvalue weighted by Crippen LogP contribution is -1.86. The maximum absolute atomic E-state index is 8.52. The Hall–Kier alpha value is -1.46. The van der Waals surface area contributed by atoms with E-state index in [0.717, 1.165) is 18.6 Å². The van der Waals surface area contributed by atoms with E-state index in [1.54, 1.807) is 7.11 Å². The zero-order chi connectivity index (χ0) is 10.9. The minimum absolute atomic E-state index is 0.148. The van der Waals surface area contributed by atoms with Crippen LogP contribution in [0.3, 0.4) is 0 Å². The Morgan fingerprint density at radius 3 is 2.40 bits per heavy atom. The third-order valence-corrected chi connectivity index (χ3v) is 2.06. The van der Waals surface area contributed by atoms with Gasteiger partial charge in [0.1, 0.15) is 5.75 Å². The van der Waals surface area contributed by atoms with Gasteiger partial charge in [-0.3, -0.25) is 0 Å². The lowest BCUT2D eigenvalue weighted by atomic mass is 10.1. The Balaban J connectivity index is 2.35. The summed E-state index contributed by atoms with van der Waals surface area (Å²) in [7, 11) is 1.66. The Kier molecular flexibility index (Phi) is 5.35. The monoisotopic (exact) mass is 204 g/mol. The zero-order valence-corrected chi connectivity index (χ0v) is 8.99. The highest BCUT2D eigenvalue weighted by Gasteiger charge is 1.92. The number of aryl methyl sites for hydroxylation is 1. The summed E-state index contributed by atoms with van der Waals surface area (Å²) >= 11 is 0. The largest absolute Gasteiger partial charge is 0.497 e. The van der Waals surface area contributed by atoms with Crippen LogP contribution in [0.2, 0.25) is 0 Å². The van der Waals surface area contributed by atoms with E-state index in [1.165, 1.54) is 5.56 Å². The number of hydrogen-bond donors (Lipinski definition) is 1. The molecule has 0 heterocycles. The molecule has 15 heavy (non-hydrogen) atoms. The number of aliphatic hydroxyl groups is 1. The molecule has 0 atom stereocenters. The van der Waals surface area contributed by atoms with Crippen LogP contribution in [0.15, 0.2) is 24.3 Å². The smallest absolute Gasteiger partial charge is 0.118 e. The van der Waals surface area contributed by atoms with Crippen LogP contribution in [0.1, 0.15) is 18.4 Å². The number of aliphatic hydroxyl groups excluding tert-OH is 1. The average Bonchev–Trinajstić information content (AvgIpc) is 2.30. The molecule has 0 amide bonds. The van der Waals surface area contributed by atoms with Crippen molar-refractivity contribution in [3.63, 3.8) is 0 Å². The average molecular weight is 204 g/mol. The summed E-state index contributed by atoms with van der Waals surface area (Å²) in [4.78, 5) is 0. The van der Waals surface area contributed by atoms with E-state index in [-0.39, 0.29) is 6.61 Å². The third-order valence-electron chi connectivity index (χ3n) is 2.06. The highest BCUT2D eigenvalue weighted by atomic mass is 16.5. The molecule has 0 aliphatic carbocycles. The van der Waals surface area contributed by atoms with Crippen molar-refractivity contribution in [3.05, 3.63) is 29.8 Å². The van der Waals surface area contributed by atoms with Crippen LogP contribution in [0.4, 0.5) is 0 Å². The second-order valence-electron chi connectivity index (χ2n) is 3.18. The highest BCUT2D eigenvalue weighted by Crippen LogP contribution is 2.12. The van der Waals surface area contributed by atoms with Gasteiger partial charge in [-0.1, -0.05) is 12.1 Å². The van der Waals surface area contributed by atoms with Gasteiger partial charge >= 0.3 is 0 Å². The standard InChI is InChI=1S/C13H16O2/c1-15-13-9-7-12(8-10-13)6-4-2-3-5-11-14/h7-10,14H,4-6,11H2,1H3. The molecule has 0 fully saturated rings. The first-order valence-corrected chi connectivity index (χ1v) is 5.06. The van der Waals surface area contributed by atoms with Crippen molar-refractivity contribution in [2.24, 2.45) is 0 Å². The number of methoxy groups -OCH3 is 1. The fourth-order valence-electron chi connectivity index (χ4n) is 1.23. The van der Waals surface area contributed by atoms with Gasteiger partial charge in [0, 0.05) is 12.8 Å². The predicted octanol–water partition coefficient (Wildman–Crippen LogP) is 2.01. The summed E-state index contributed by atoms with van der Waals surface area (Å²) in [6.45, 7) is 0.148. The summed E-state index contributed by atoms with van der Waals surface area (Å²) in [5, 5.41) is 8.52. The van der Waals surface area contributed by atoms with Crippen molar-refractivity contribution in [2.45, 2.75) is 19.3 Å². The Bertz CT molecular complexity index is 330. The van der Waals surface area contributed by atoms with Crippen LogP contribution in [-0.2, 0) is 6.42 Å². The van der Waals surface area contributed by atoms with Crippen molar-refractivity contribution in [3.8, 4) is 17.6 Å². The maximum Gasteiger partial charge on any atom is 0.118 e. The molecule has 0 aromatic heterocycles. The minimum Gasteiger partial charge on any atom is -0.497 e. The number of benzene rings is 1. The van der Waals surface area contributed by atoms with Crippen molar-refractivity contribution < 1.29 is 9.84 Å². The maximum atomic E-state index is 8.52. The van der Waals surface area contributed by atoms with Crippen molar-refractivity contribution in [2.75, 3.05) is 13.7 Å². The molecule has 1 N–H and O–H groups in total. The Labute approximate surface area is 90.9 Å². The lowest BCUT2D eigenvalue weighted by Gasteiger charge is -2.00. The molecule has 2 heteroatoms. The molecule has 2 nitrogen and oxygen atoms in total. The van der Waals surface area contributed by atoms with Gasteiger partial charge in [-0.05, 0) is 24.1 Å². The molecule has 0 aliphatic rings. The first kappa shape index (κ1) is 11.6. The minimum atomic E-state index is 0.148. The third kappa shape index (κ3) is 4.53. The fourth-order valence-corrected chi connectivity index (χ4v) is 1.23. The number of ether oxygens (including phenoxy) is 1. The molecule has 80 valence electrons. The molecule has 0 bridgehead atoms. The van der Waals surface area contributed by atoms with E-state index < -0.39 is 0 Å². The van der Waals surface area contributed by atoms with Crippen LogP contribution in [0.5, 0.6) is 5.75 Å². The molecular formula is C13H16O2. The molecule has 0 unspecified atom stereocenters. The summed E-state index contributed by atoms with van der Waals surface area (Å²) in [5.74, 6) is 6.81. The van der Waals surface area contributed by atoms with Gasteiger partial charge in [-0.2, -0.15) is 0 Å². The normalized spacial score (nSPS) is 9.20. The van der Waals surface area contributed by atoms with E-state index in [1.807, 2.05) is 24.3 Å². The lowest BCUT2D eigenvalue weighted by molar-refractivity contribution is 0.305. The highest BCUT2D eigenvalue weighted by molar-refractivity contribution is 5.27. The van der Waals surface area contributed by atoms with Gasteiger partial charge in [-0.15, -0.1) is 11.8 Å². The second-order valence-corrected chi connectivity index (χ2v) is 3.18. The quantitative estimate of drug-likeness (QED) is 0.760. The van der Waals surface area contributed by atoms with Gasteiger partial charge in [0.15, 0.2) is 0 Å². The van der Waals surface area contributed by atoms with Crippen LogP contribution >= 0.6 is 0 Å². The molecular weight excluding hydrogens is 188 g/mol. The molecule has 1 rings (SSSR count). The molecule has 0 saturated heterocycles. The van der Waals surface area contributed by atoms with Gasteiger partial charge in [0.05, 0.1) is 13.7 Å². The van der Waals surface area contributed by atoms with E-state index in [9.17, 15) is 0 Å². The molecule has 0 spiro atoms. The summed E-state index contributed by atoms with van der Waals surface area (Å²) in [6, 6.07) is 8.01. The van der Waals surface area contributed by atoms with Crippen molar-refractivity contribution in [1.82, 2.24) is 0 Å². The Morgan fingerprint density at radius 1 is 1.13 bits per heavy atom. The van der Waals surface area contributed by atoms with Gasteiger partial charge in [0.2, 0.25) is 0 Å². The second kappa shape index (κ2) is 6.92. The summed E-state index contributed by atoms with van der Waals surface area (Å²) in [5.41, 5.74) is 1.26.